The van der Waals surface area contributed by atoms with Crippen LogP contribution in [0, 0.1) is 5.41 Å². The summed E-state index contributed by atoms with van der Waals surface area (Å²) >= 11 is 0. The molecule has 2 amide bonds. The van der Waals surface area contributed by atoms with Gasteiger partial charge in [0.2, 0.25) is 11.8 Å². The van der Waals surface area contributed by atoms with Crippen LogP contribution in [0.25, 0.3) is 0 Å². The first-order chi connectivity index (χ1) is 14.8. The number of nitrogens with one attached hydrogen (secondary N) is 2. The second-order valence-electron chi connectivity index (χ2n) is 9.71. The van der Waals surface area contributed by atoms with E-state index in [9.17, 15) is 14.4 Å². The maximum absolute atomic E-state index is 13.4. The molecule has 32 heavy (non-hydrogen) atoms. The van der Waals surface area contributed by atoms with Gasteiger partial charge in [-0.25, -0.2) is 4.79 Å². The van der Waals surface area contributed by atoms with Gasteiger partial charge in [0, 0.05) is 24.6 Å². The summed E-state index contributed by atoms with van der Waals surface area (Å²) in [7, 11) is 4.71. The fourth-order valence-corrected chi connectivity index (χ4v) is 3.56. The largest absolute Gasteiger partial charge is 0.466 e. The van der Waals surface area contributed by atoms with Gasteiger partial charge < -0.3 is 20.3 Å². The number of esters is 1. The first-order valence-corrected chi connectivity index (χ1v) is 10.8. The quantitative estimate of drug-likeness (QED) is 0.451. The summed E-state index contributed by atoms with van der Waals surface area (Å²) in [5.74, 6) is -0.914. The molecule has 0 spiro atoms. The second-order valence-corrected chi connectivity index (χ2v) is 9.71. The summed E-state index contributed by atoms with van der Waals surface area (Å²) in [6, 6.07) is 8.53. The molecule has 2 N–H and O–H groups in total. The lowest BCUT2D eigenvalue weighted by Crippen LogP contribution is -2.60. The minimum Gasteiger partial charge on any atom is -0.466 e. The number of likely N-dealkylation sites (N-methyl/N-ethyl adjacent to an activating group) is 2. The number of benzene rings is 1. The Morgan fingerprint density at radius 2 is 1.62 bits per heavy atom. The molecule has 1 aromatic carbocycles. The van der Waals surface area contributed by atoms with Crippen LogP contribution in [0.4, 0.5) is 0 Å². The fraction of sp³-hybridized carbons (Fsp3) is 0.560. The van der Waals surface area contributed by atoms with Gasteiger partial charge in [-0.2, -0.15) is 0 Å². The van der Waals surface area contributed by atoms with E-state index in [0.29, 0.717) is 5.57 Å². The fourth-order valence-electron chi connectivity index (χ4n) is 3.56. The van der Waals surface area contributed by atoms with Gasteiger partial charge in [0.1, 0.15) is 6.04 Å². The van der Waals surface area contributed by atoms with Crippen LogP contribution in [-0.2, 0) is 24.5 Å². The molecule has 0 aliphatic carbocycles. The molecule has 0 fully saturated rings. The van der Waals surface area contributed by atoms with Gasteiger partial charge in [-0.3, -0.25) is 9.59 Å². The molecule has 0 bridgehead atoms. The monoisotopic (exact) mass is 445 g/mol. The lowest BCUT2D eigenvalue weighted by Gasteiger charge is -2.38. The third kappa shape index (κ3) is 6.92. The highest BCUT2D eigenvalue weighted by molar-refractivity contribution is 5.91. The zero-order chi connectivity index (χ0) is 24.7. The SMILES string of the molecule is CN[C@H](C(=O)NC(C(=O)N(C)C/C=C(\C)C(=O)OC)C(C)(C)C)C(C)(C)c1ccccc1. The maximum atomic E-state index is 13.4. The lowest BCUT2D eigenvalue weighted by atomic mass is 9.76. The number of nitrogens with zero attached hydrogens (tertiary/aromatic N) is 1. The predicted molar refractivity (Wildman–Crippen MR) is 127 cm³/mol. The lowest BCUT2D eigenvalue weighted by molar-refractivity contribution is -0.139. The molecular formula is C25H39N3O4. The summed E-state index contributed by atoms with van der Waals surface area (Å²) in [6.07, 6.45) is 1.64. The number of hydrogen-bond acceptors (Lipinski definition) is 5. The second kappa shape index (κ2) is 11.3. The van der Waals surface area contributed by atoms with Crippen LogP contribution >= 0.6 is 0 Å². The van der Waals surface area contributed by atoms with Crippen molar-refractivity contribution in [1.29, 1.82) is 0 Å². The summed E-state index contributed by atoms with van der Waals surface area (Å²) in [6.45, 7) is 11.6. The van der Waals surface area contributed by atoms with Crippen LogP contribution in [0.1, 0.15) is 47.1 Å². The molecule has 1 unspecified atom stereocenters. The van der Waals surface area contributed by atoms with Gasteiger partial charge in [0.25, 0.3) is 0 Å². The molecule has 178 valence electrons. The summed E-state index contributed by atoms with van der Waals surface area (Å²) in [4.78, 5) is 39.7. The molecule has 0 radical (unpaired) electrons. The smallest absolute Gasteiger partial charge is 0.333 e. The van der Waals surface area contributed by atoms with Crippen molar-refractivity contribution in [2.24, 2.45) is 5.41 Å². The third-order valence-corrected chi connectivity index (χ3v) is 5.74. The van der Waals surface area contributed by atoms with Gasteiger partial charge >= 0.3 is 5.97 Å². The van der Waals surface area contributed by atoms with E-state index >= 15 is 0 Å². The van der Waals surface area contributed by atoms with E-state index in [1.807, 2.05) is 65.0 Å². The number of rotatable bonds is 9. The van der Waals surface area contributed by atoms with Crippen molar-refractivity contribution in [3.8, 4) is 0 Å². The number of methoxy groups -OCH3 is 1. The molecule has 0 saturated heterocycles. The molecule has 0 heterocycles. The minimum absolute atomic E-state index is 0.229. The van der Waals surface area contributed by atoms with Gasteiger partial charge in [-0.1, -0.05) is 71.0 Å². The zero-order valence-corrected chi connectivity index (χ0v) is 20.9. The molecule has 0 aliphatic heterocycles. The number of carbonyl (C=O) groups excluding carboxylic acids is 3. The standard InChI is InChI=1S/C25H39N3O4/c1-17(23(31)32-9)15-16-28(8)22(30)20(24(2,3)4)27-21(29)19(26-7)25(5,6)18-13-11-10-12-14-18/h10-15,19-20,26H,16H2,1-9H3,(H,27,29)/b17-15+/t19-,20?/m1/s1. The molecule has 7 nitrogen and oxygen atoms in total. The molecule has 0 saturated carbocycles. The van der Waals surface area contributed by atoms with Gasteiger partial charge in [0.15, 0.2) is 0 Å². The number of carbonyl (C=O) groups is 3. The van der Waals surface area contributed by atoms with Gasteiger partial charge in [-0.05, 0) is 24.9 Å². The topological polar surface area (TPSA) is 87.7 Å². The molecule has 0 aromatic heterocycles. The van der Waals surface area contributed by atoms with Crippen molar-refractivity contribution >= 4 is 17.8 Å². The van der Waals surface area contributed by atoms with E-state index in [1.54, 1.807) is 27.1 Å². The van der Waals surface area contributed by atoms with E-state index in [1.165, 1.54) is 12.0 Å². The molecule has 2 atom stereocenters. The molecule has 1 aromatic rings. The van der Waals surface area contributed by atoms with E-state index in [4.69, 9.17) is 4.74 Å². The normalized spacial score (nSPS) is 14.3. The number of hydrogen-bond donors (Lipinski definition) is 2. The Morgan fingerprint density at radius 1 is 1.06 bits per heavy atom. The highest BCUT2D eigenvalue weighted by Gasteiger charge is 2.40. The van der Waals surface area contributed by atoms with Crippen molar-refractivity contribution in [2.75, 3.05) is 27.7 Å². The Hall–Kier alpha value is -2.67. The zero-order valence-electron chi connectivity index (χ0n) is 20.9. The number of ether oxygens (including phenoxy) is 1. The van der Waals surface area contributed by atoms with Gasteiger partial charge in [-0.15, -0.1) is 0 Å². The van der Waals surface area contributed by atoms with Crippen LogP contribution in [0.2, 0.25) is 0 Å². The van der Waals surface area contributed by atoms with Crippen molar-refractivity contribution in [3.63, 3.8) is 0 Å². The van der Waals surface area contributed by atoms with Crippen molar-refractivity contribution in [2.45, 2.75) is 59.0 Å². The van der Waals surface area contributed by atoms with Crippen LogP contribution in [0.5, 0.6) is 0 Å². The average molecular weight is 446 g/mol. The minimum atomic E-state index is -0.741. The average Bonchev–Trinajstić information content (AvgIpc) is 2.74. The Bertz CT molecular complexity index is 825. The van der Waals surface area contributed by atoms with E-state index in [-0.39, 0.29) is 18.4 Å². The first kappa shape index (κ1) is 27.4. The molecule has 1 rings (SSSR count). The summed E-state index contributed by atoms with van der Waals surface area (Å²) in [5.41, 5.74) is 0.423. The van der Waals surface area contributed by atoms with Crippen LogP contribution < -0.4 is 10.6 Å². The highest BCUT2D eigenvalue weighted by atomic mass is 16.5. The van der Waals surface area contributed by atoms with Crippen LogP contribution in [-0.4, -0.2) is 62.5 Å². The van der Waals surface area contributed by atoms with Crippen LogP contribution in [0.15, 0.2) is 42.0 Å². The Labute approximate surface area is 192 Å². The molecular weight excluding hydrogens is 406 g/mol. The maximum Gasteiger partial charge on any atom is 0.333 e. The van der Waals surface area contributed by atoms with E-state index < -0.39 is 28.9 Å². The molecule has 0 aliphatic rings. The van der Waals surface area contributed by atoms with Crippen LogP contribution in [0.3, 0.4) is 0 Å². The van der Waals surface area contributed by atoms with E-state index in [2.05, 4.69) is 10.6 Å². The Balaban J connectivity index is 3.09. The van der Waals surface area contributed by atoms with E-state index in [0.717, 1.165) is 5.56 Å². The van der Waals surface area contributed by atoms with Crippen molar-refractivity contribution in [3.05, 3.63) is 47.5 Å². The first-order valence-electron chi connectivity index (χ1n) is 10.8. The number of amides is 2. The summed E-state index contributed by atoms with van der Waals surface area (Å²) in [5, 5.41) is 6.11. The van der Waals surface area contributed by atoms with Crippen molar-refractivity contribution in [1.82, 2.24) is 15.5 Å². The van der Waals surface area contributed by atoms with Gasteiger partial charge in [0.05, 0.1) is 13.2 Å². The predicted octanol–water partition coefficient (Wildman–Crippen LogP) is 2.66. The summed E-state index contributed by atoms with van der Waals surface area (Å²) < 4.78 is 4.69. The Morgan fingerprint density at radius 3 is 2.09 bits per heavy atom. The highest BCUT2D eigenvalue weighted by Crippen LogP contribution is 2.28. The third-order valence-electron chi connectivity index (χ3n) is 5.74. The Kier molecular flexibility index (Phi) is 9.64. The molecule has 7 heteroatoms. The van der Waals surface area contributed by atoms with Crippen molar-refractivity contribution < 1.29 is 19.1 Å².